The number of nitrogens with zero attached hydrogens (tertiary/aromatic N) is 3. The van der Waals surface area contributed by atoms with E-state index in [-0.39, 0.29) is 18.5 Å². The second-order valence-corrected chi connectivity index (χ2v) is 13.2. The van der Waals surface area contributed by atoms with Gasteiger partial charge in [-0.2, -0.15) is 13.2 Å². The van der Waals surface area contributed by atoms with Crippen LogP contribution in [0.3, 0.4) is 0 Å². The van der Waals surface area contributed by atoms with Crippen LogP contribution in [0.5, 0.6) is 0 Å². The first kappa shape index (κ1) is 31.1. The van der Waals surface area contributed by atoms with Gasteiger partial charge in [0.2, 0.25) is 0 Å². The highest BCUT2D eigenvalue weighted by Crippen LogP contribution is 2.43. The molecule has 1 aromatic carbocycles. The molecule has 0 radical (unpaired) electrons. The fourth-order valence-electron chi connectivity index (χ4n) is 7.87. The molecule has 1 aromatic rings. The Balaban J connectivity index is 1.21. The van der Waals surface area contributed by atoms with Crippen molar-refractivity contribution in [3.63, 3.8) is 0 Å². The number of amides is 2. The molecule has 1 N–H and O–H groups in total. The lowest BCUT2D eigenvalue weighted by Gasteiger charge is -2.53. The molecule has 5 rings (SSSR count). The van der Waals surface area contributed by atoms with Crippen molar-refractivity contribution in [1.29, 1.82) is 0 Å². The van der Waals surface area contributed by atoms with Crippen LogP contribution in [0.25, 0.3) is 0 Å². The Morgan fingerprint density at radius 3 is 2.24 bits per heavy atom. The summed E-state index contributed by atoms with van der Waals surface area (Å²) in [5, 5.41) is 10.0. The molecular weight excluding hydrogens is 547 g/mol. The van der Waals surface area contributed by atoms with E-state index in [4.69, 9.17) is 4.74 Å². The Hall–Kier alpha value is -2.33. The summed E-state index contributed by atoms with van der Waals surface area (Å²) in [6.07, 6.45) is -0.0226. The van der Waals surface area contributed by atoms with Crippen LogP contribution in [0.4, 0.5) is 18.0 Å². The third-order valence-corrected chi connectivity index (χ3v) is 10.4. The summed E-state index contributed by atoms with van der Waals surface area (Å²) in [6, 6.07) is 6.16. The van der Waals surface area contributed by atoms with Gasteiger partial charge >= 0.3 is 12.3 Å². The highest BCUT2D eigenvalue weighted by molar-refractivity contribution is 5.97. The van der Waals surface area contributed by atoms with Crippen molar-refractivity contribution < 1.29 is 32.6 Å². The van der Waals surface area contributed by atoms with Crippen LogP contribution in [-0.2, 0) is 4.74 Å². The van der Waals surface area contributed by atoms with Gasteiger partial charge in [0.1, 0.15) is 11.7 Å². The predicted molar refractivity (Wildman–Crippen MR) is 153 cm³/mol. The summed E-state index contributed by atoms with van der Waals surface area (Å²) >= 11 is 0. The molecule has 1 spiro atoms. The topological polar surface area (TPSA) is 73.3 Å². The predicted octanol–water partition coefficient (Wildman–Crippen LogP) is 5.70. The lowest BCUT2D eigenvalue weighted by atomic mass is 9.74. The van der Waals surface area contributed by atoms with Crippen LogP contribution in [-0.4, -0.2) is 95.0 Å². The Kier molecular flexibility index (Phi) is 9.42. The van der Waals surface area contributed by atoms with E-state index >= 15 is 0 Å². The molecule has 3 saturated heterocycles. The number of benzene rings is 1. The van der Waals surface area contributed by atoms with Gasteiger partial charge in [0.25, 0.3) is 5.91 Å². The van der Waals surface area contributed by atoms with Crippen molar-refractivity contribution in [2.75, 3.05) is 39.3 Å². The van der Waals surface area contributed by atoms with Crippen LogP contribution in [0.2, 0.25) is 0 Å². The van der Waals surface area contributed by atoms with Gasteiger partial charge in [0.05, 0.1) is 0 Å². The normalized spacial score (nSPS) is 25.5. The Morgan fingerprint density at radius 2 is 1.64 bits per heavy atom. The van der Waals surface area contributed by atoms with E-state index < -0.39 is 36.3 Å². The number of aliphatic hydroxyl groups is 1. The van der Waals surface area contributed by atoms with Crippen molar-refractivity contribution in [2.24, 2.45) is 11.8 Å². The molecule has 2 amide bonds. The van der Waals surface area contributed by atoms with Crippen LogP contribution < -0.4 is 0 Å². The number of aryl methyl sites for hydroxylation is 2. The van der Waals surface area contributed by atoms with Crippen LogP contribution >= 0.6 is 0 Å². The minimum Gasteiger partial charge on any atom is -0.442 e. The molecule has 4 aliphatic rings. The lowest BCUT2D eigenvalue weighted by molar-refractivity contribution is -0.219. The smallest absolute Gasteiger partial charge is 0.414 e. The van der Waals surface area contributed by atoms with Crippen LogP contribution in [0.15, 0.2) is 18.2 Å². The van der Waals surface area contributed by atoms with Crippen molar-refractivity contribution in [1.82, 2.24) is 14.7 Å². The van der Waals surface area contributed by atoms with Crippen molar-refractivity contribution in [3.05, 3.63) is 34.9 Å². The van der Waals surface area contributed by atoms with Crippen LogP contribution in [0.1, 0.15) is 85.7 Å². The van der Waals surface area contributed by atoms with E-state index in [1.54, 1.807) is 4.90 Å². The third kappa shape index (κ3) is 6.74. The molecule has 0 aromatic heterocycles. The number of likely N-dealkylation sites (tertiary alicyclic amines) is 2. The van der Waals surface area contributed by atoms with Crippen LogP contribution in [0, 0.1) is 25.7 Å². The van der Waals surface area contributed by atoms with Gasteiger partial charge in [-0.15, -0.1) is 0 Å². The monoisotopic (exact) mass is 593 g/mol. The first-order valence-corrected chi connectivity index (χ1v) is 15.8. The minimum atomic E-state index is -4.71. The maximum absolute atomic E-state index is 13.4. The highest BCUT2D eigenvalue weighted by atomic mass is 19.4. The van der Waals surface area contributed by atoms with E-state index in [9.17, 15) is 27.9 Å². The molecule has 42 heavy (non-hydrogen) atoms. The maximum atomic E-state index is 13.4. The molecule has 0 bridgehead atoms. The number of ether oxygens (including phenoxy) is 1. The molecule has 3 aliphatic heterocycles. The molecule has 2 atom stereocenters. The number of aliphatic hydroxyl groups excluding tert-OH is 1. The summed E-state index contributed by atoms with van der Waals surface area (Å²) in [6.45, 7) is 7.18. The van der Waals surface area contributed by atoms with E-state index in [0.717, 1.165) is 55.2 Å². The van der Waals surface area contributed by atoms with Gasteiger partial charge in [-0.05, 0) is 63.0 Å². The second-order valence-electron chi connectivity index (χ2n) is 13.2. The summed E-state index contributed by atoms with van der Waals surface area (Å²) in [5.41, 5.74) is 1.74. The van der Waals surface area contributed by atoms with Gasteiger partial charge in [-0.3, -0.25) is 9.69 Å². The first-order chi connectivity index (χ1) is 20.0. The summed E-state index contributed by atoms with van der Waals surface area (Å²) < 4.78 is 46.4. The summed E-state index contributed by atoms with van der Waals surface area (Å²) in [4.78, 5) is 32.3. The minimum absolute atomic E-state index is 0.0691. The number of alkyl halides is 3. The Bertz CT molecular complexity index is 1090. The number of carbonyl (C=O) groups is 2. The fraction of sp³-hybridized carbons (Fsp3) is 0.750. The number of carbonyl (C=O) groups excluding carboxylic acids is 2. The third-order valence-electron chi connectivity index (χ3n) is 10.4. The molecule has 3 heterocycles. The van der Waals surface area contributed by atoms with Crippen molar-refractivity contribution in [2.45, 2.75) is 102 Å². The number of hydrogen-bond acceptors (Lipinski definition) is 5. The van der Waals surface area contributed by atoms with E-state index in [2.05, 4.69) is 4.90 Å². The first-order valence-electron chi connectivity index (χ1n) is 15.8. The van der Waals surface area contributed by atoms with Gasteiger partial charge in [0, 0.05) is 69.6 Å². The zero-order chi connectivity index (χ0) is 30.1. The van der Waals surface area contributed by atoms with E-state index in [1.165, 1.54) is 6.42 Å². The fourth-order valence-corrected chi connectivity index (χ4v) is 7.87. The quantitative estimate of drug-likeness (QED) is 0.458. The average molecular weight is 594 g/mol. The molecule has 4 fully saturated rings. The van der Waals surface area contributed by atoms with E-state index in [1.807, 2.05) is 36.9 Å². The maximum Gasteiger partial charge on any atom is 0.414 e. The standard InChI is InChI=1S/C32H46F3N3O4/c1-22-7-6-8-23(2)28(22)29(40)37-15-11-26(12-16-37)36-17-13-31(14-18-36)25(19-27(39)32(33,34)35)21-38(30(41)42-31)20-24-9-4-3-5-10-24/h6-8,24-27,39H,3-5,9-21H2,1-2H3. The van der Waals surface area contributed by atoms with E-state index in [0.29, 0.717) is 51.5 Å². The van der Waals surface area contributed by atoms with Crippen molar-refractivity contribution in [3.8, 4) is 0 Å². The van der Waals surface area contributed by atoms with Gasteiger partial charge < -0.3 is 19.6 Å². The average Bonchev–Trinajstić information content (AvgIpc) is 2.96. The second kappa shape index (κ2) is 12.7. The molecule has 1 saturated carbocycles. The molecule has 234 valence electrons. The summed E-state index contributed by atoms with van der Waals surface area (Å²) in [5.74, 6) is -0.170. The Labute approximate surface area is 247 Å². The number of rotatable bonds is 6. The van der Waals surface area contributed by atoms with Gasteiger partial charge in [-0.25, -0.2) is 4.79 Å². The highest BCUT2D eigenvalue weighted by Gasteiger charge is 2.53. The Morgan fingerprint density at radius 1 is 1.02 bits per heavy atom. The SMILES string of the molecule is Cc1cccc(C)c1C(=O)N1CCC(N2CCC3(CC2)OC(=O)N(CC2CCCCC2)CC3CC(O)C(F)(F)F)CC1. The largest absolute Gasteiger partial charge is 0.442 e. The molecular formula is C32H46F3N3O4. The zero-order valence-electron chi connectivity index (χ0n) is 25.0. The van der Waals surface area contributed by atoms with Gasteiger partial charge in [0.15, 0.2) is 0 Å². The molecule has 7 nitrogen and oxygen atoms in total. The number of piperidine rings is 2. The summed E-state index contributed by atoms with van der Waals surface area (Å²) in [7, 11) is 0. The molecule has 1 aliphatic carbocycles. The number of hydrogen-bond donors (Lipinski definition) is 1. The lowest BCUT2D eigenvalue weighted by Crippen LogP contribution is -2.62. The number of halogens is 3. The van der Waals surface area contributed by atoms with Gasteiger partial charge in [-0.1, -0.05) is 37.5 Å². The zero-order valence-corrected chi connectivity index (χ0v) is 25.0. The molecule has 10 heteroatoms. The molecule has 2 unspecified atom stereocenters. The van der Waals surface area contributed by atoms with Crippen molar-refractivity contribution >= 4 is 12.0 Å².